The molecule has 5 aromatic rings. The van der Waals surface area contributed by atoms with Crippen molar-refractivity contribution >= 4 is 23.9 Å². The first-order valence-corrected chi connectivity index (χ1v) is 14.5. The quantitative estimate of drug-likeness (QED) is 0.107. The summed E-state index contributed by atoms with van der Waals surface area (Å²) in [4.78, 5) is 16.9. The largest absolute Gasteiger partial charge is 0.494 e. The lowest BCUT2D eigenvalue weighted by atomic mass is 10.2. The van der Waals surface area contributed by atoms with Crippen molar-refractivity contribution in [3.63, 3.8) is 0 Å². The van der Waals surface area contributed by atoms with E-state index in [9.17, 15) is 4.79 Å². The van der Waals surface area contributed by atoms with Crippen molar-refractivity contribution in [1.29, 1.82) is 0 Å². The molecule has 2 heterocycles. The highest BCUT2D eigenvalue weighted by Gasteiger charge is 2.17. The highest BCUT2D eigenvalue weighted by molar-refractivity contribution is 7.99. The van der Waals surface area contributed by atoms with Gasteiger partial charge in [0.1, 0.15) is 12.4 Å². The number of nitrogens with one attached hydrogen (secondary N) is 1. The molecule has 3 aromatic carbocycles. The van der Waals surface area contributed by atoms with Gasteiger partial charge in [0.25, 0.3) is 5.91 Å². The van der Waals surface area contributed by atoms with Crippen molar-refractivity contribution in [2.45, 2.75) is 18.7 Å². The number of hydrazone groups is 1. The number of carbonyl (C=O) groups excluding carboxylic acids is 1. The Morgan fingerprint density at radius 3 is 2.56 bits per heavy atom. The van der Waals surface area contributed by atoms with E-state index < -0.39 is 0 Å². The van der Waals surface area contributed by atoms with E-state index in [1.165, 1.54) is 11.8 Å². The molecule has 10 nitrogen and oxygen atoms in total. The number of pyridine rings is 1. The second-order valence-electron chi connectivity index (χ2n) is 9.08. The number of nitrogens with zero attached hydrogens (tertiary/aromatic N) is 5. The van der Waals surface area contributed by atoms with Crippen LogP contribution in [0.4, 0.5) is 0 Å². The standard InChI is InChI=1S/C32H30N6O4S/c1-3-41-27-14-12-26(13-15-27)38-31(25-10-7-17-33-20-25)36-37-32(38)43-22-30(39)35-34-19-24-11-16-28(29(18-24)40-2)42-21-23-8-5-4-6-9-23/h4-20H,3,21-22H2,1-2H3,(H,35,39). The van der Waals surface area contributed by atoms with E-state index in [0.717, 1.165) is 28.1 Å². The third kappa shape index (κ3) is 7.77. The van der Waals surface area contributed by atoms with Gasteiger partial charge in [0.05, 0.1) is 25.7 Å². The second-order valence-corrected chi connectivity index (χ2v) is 10.0. The molecule has 2 aromatic heterocycles. The molecule has 0 saturated carbocycles. The number of amides is 1. The first-order chi connectivity index (χ1) is 21.1. The van der Waals surface area contributed by atoms with E-state index in [0.29, 0.717) is 35.7 Å². The van der Waals surface area contributed by atoms with Crippen LogP contribution in [0.15, 0.2) is 108 Å². The Hall–Kier alpha value is -5.16. The minimum atomic E-state index is -0.291. The molecule has 0 aliphatic heterocycles. The van der Waals surface area contributed by atoms with Crippen LogP contribution >= 0.6 is 11.8 Å². The number of carbonyl (C=O) groups is 1. The number of rotatable bonds is 13. The van der Waals surface area contributed by atoms with Gasteiger partial charge in [0.15, 0.2) is 22.5 Å². The van der Waals surface area contributed by atoms with Crippen molar-refractivity contribution in [2.24, 2.45) is 5.10 Å². The maximum Gasteiger partial charge on any atom is 0.250 e. The zero-order valence-electron chi connectivity index (χ0n) is 23.7. The summed E-state index contributed by atoms with van der Waals surface area (Å²) in [6.07, 6.45) is 4.97. The fourth-order valence-corrected chi connectivity index (χ4v) is 4.84. The van der Waals surface area contributed by atoms with Crippen LogP contribution in [0.25, 0.3) is 17.1 Å². The van der Waals surface area contributed by atoms with E-state index in [4.69, 9.17) is 14.2 Å². The molecule has 0 bridgehead atoms. The van der Waals surface area contributed by atoms with Gasteiger partial charge in [-0.25, -0.2) is 5.43 Å². The molecule has 0 unspecified atom stereocenters. The maximum absolute atomic E-state index is 12.7. The third-order valence-electron chi connectivity index (χ3n) is 6.12. The number of aromatic nitrogens is 4. The maximum atomic E-state index is 12.7. The smallest absolute Gasteiger partial charge is 0.250 e. The molecule has 0 aliphatic rings. The van der Waals surface area contributed by atoms with Crippen LogP contribution in [0, 0.1) is 0 Å². The van der Waals surface area contributed by atoms with Crippen molar-refractivity contribution in [2.75, 3.05) is 19.5 Å². The van der Waals surface area contributed by atoms with Gasteiger partial charge in [0.2, 0.25) is 0 Å². The highest BCUT2D eigenvalue weighted by atomic mass is 32.2. The minimum absolute atomic E-state index is 0.0785. The van der Waals surface area contributed by atoms with Crippen LogP contribution < -0.4 is 19.6 Å². The Kier molecular flexibility index (Phi) is 9.99. The number of hydrogen-bond donors (Lipinski definition) is 1. The van der Waals surface area contributed by atoms with Crippen molar-refractivity contribution in [3.05, 3.63) is 108 Å². The van der Waals surface area contributed by atoms with Gasteiger partial charge < -0.3 is 14.2 Å². The molecule has 0 fully saturated rings. The van der Waals surface area contributed by atoms with Crippen LogP contribution in [0.2, 0.25) is 0 Å². The van der Waals surface area contributed by atoms with Gasteiger partial charge in [-0.1, -0.05) is 42.1 Å². The Morgan fingerprint density at radius 2 is 1.81 bits per heavy atom. The van der Waals surface area contributed by atoms with Crippen LogP contribution in [0.3, 0.4) is 0 Å². The van der Waals surface area contributed by atoms with Crippen molar-refractivity contribution < 1.29 is 19.0 Å². The fourth-order valence-electron chi connectivity index (χ4n) is 4.10. The first kappa shape index (κ1) is 29.3. The van der Waals surface area contributed by atoms with Gasteiger partial charge in [-0.15, -0.1) is 10.2 Å². The highest BCUT2D eigenvalue weighted by Crippen LogP contribution is 2.30. The lowest BCUT2D eigenvalue weighted by Gasteiger charge is -2.11. The van der Waals surface area contributed by atoms with Gasteiger partial charge in [-0.3, -0.25) is 14.3 Å². The average Bonchev–Trinajstić information content (AvgIpc) is 3.48. The molecule has 0 saturated heterocycles. The normalized spacial score (nSPS) is 10.9. The van der Waals surface area contributed by atoms with Gasteiger partial charge in [0, 0.05) is 23.6 Å². The topological polar surface area (TPSA) is 113 Å². The number of benzene rings is 3. The predicted molar refractivity (Wildman–Crippen MR) is 166 cm³/mol. The zero-order chi connectivity index (χ0) is 29.9. The zero-order valence-corrected chi connectivity index (χ0v) is 24.5. The summed E-state index contributed by atoms with van der Waals surface area (Å²) < 4.78 is 18.9. The van der Waals surface area contributed by atoms with E-state index in [1.54, 1.807) is 31.8 Å². The van der Waals surface area contributed by atoms with Crippen LogP contribution in [-0.2, 0) is 11.4 Å². The van der Waals surface area contributed by atoms with Crippen molar-refractivity contribution in [1.82, 2.24) is 25.2 Å². The molecule has 0 radical (unpaired) electrons. The number of hydrogen-bond acceptors (Lipinski definition) is 9. The fraction of sp³-hybridized carbons (Fsp3) is 0.156. The summed E-state index contributed by atoms with van der Waals surface area (Å²) in [6, 6.07) is 26.7. The Bertz CT molecular complexity index is 1660. The second kappa shape index (κ2) is 14.6. The van der Waals surface area contributed by atoms with E-state index in [1.807, 2.05) is 90.4 Å². The molecule has 218 valence electrons. The number of thioether (sulfide) groups is 1. The van der Waals surface area contributed by atoms with Gasteiger partial charge in [-0.2, -0.15) is 5.10 Å². The predicted octanol–water partition coefficient (Wildman–Crippen LogP) is 5.56. The Balaban J connectivity index is 1.22. The van der Waals surface area contributed by atoms with Crippen molar-refractivity contribution in [3.8, 4) is 34.3 Å². The van der Waals surface area contributed by atoms with Gasteiger partial charge in [-0.05, 0) is 72.6 Å². The minimum Gasteiger partial charge on any atom is -0.494 e. The number of ether oxygens (including phenoxy) is 3. The van der Waals surface area contributed by atoms with Crippen LogP contribution in [0.5, 0.6) is 17.2 Å². The molecule has 11 heteroatoms. The van der Waals surface area contributed by atoms with E-state index >= 15 is 0 Å². The molecule has 0 atom stereocenters. The Labute approximate surface area is 253 Å². The summed E-state index contributed by atoms with van der Waals surface area (Å²) in [5.74, 6) is 2.35. The van der Waals surface area contributed by atoms with Gasteiger partial charge >= 0.3 is 0 Å². The third-order valence-corrected chi connectivity index (χ3v) is 7.05. The number of methoxy groups -OCH3 is 1. The Morgan fingerprint density at radius 1 is 0.977 bits per heavy atom. The SMILES string of the molecule is CCOc1ccc(-n2c(SCC(=O)NN=Cc3ccc(OCc4ccccc4)c(OC)c3)nnc2-c2cccnc2)cc1. The molecular formula is C32H30N6O4S. The van der Waals surface area contributed by atoms with E-state index in [2.05, 4.69) is 25.7 Å². The lowest BCUT2D eigenvalue weighted by molar-refractivity contribution is -0.118. The summed E-state index contributed by atoms with van der Waals surface area (Å²) >= 11 is 1.25. The van der Waals surface area contributed by atoms with E-state index in [-0.39, 0.29) is 11.7 Å². The van der Waals surface area contributed by atoms with Crippen LogP contribution in [-0.4, -0.2) is 51.3 Å². The molecule has 1 amide bonds. The van der Waals surface area contributed by atoms with Crippen LogP contribution in [0.1, 0.15) is 18.1 Å². The first-order valence-electron chi connectivity index (χ1n) is 13.5. The summed E-state index contributed by atoms with van der Waals surface area (Å²) in [7, 11) is 1.58. The molecular weight excluding hydrogens is 564 g/mol. The summed E-state index contributed by atoms with van der Waals surface area (Å²) in [5.41, 5.74) is 6.01. The molecule has 1 N–H and O–H groups in total. The molecule has 0 aliphatic carbocycles. The summed E-state index contributed by atoms with van der Waals surface area (Å²) in [6.45, 7) is 2.94. The molecule has 43 heavy (non-hydrogen) atoms. The molecule has 0 spiro atoms. The average molecular weight is 595 g/mol. The summed E-state index contributed by atoms with van der Waals surface area (Å²) in [5, 5.41) is 13.4. The monoisotopic (exact) mass is 594 g/mol. The molecule has 5 rings (SSSR count). The lowest BCUT2D eigenvalue weighted by Crippen LogP contribution is -2.20.